The third-order valence-corrected chi connectivity index (χ3v) is 3.00. The molecule has 1 aliphatic rings. The Morgan fingerprint density at radius 3 is 2.50 bits per heavy atom. The van der Waals surface area contributed by atoms with Crippen molar-refractivity contribution in [3.8, 4) is 0 Å². The number of hydrogen-bond donors (Lipinski definition) is 1. The fraction of sp³-hybridized carbons (Fsp3) is 1.00. The molecule has 0 spiro atoms. The molecule has 2 N–H and O–H groups in total. The summed E-state index contributed by atoms with van der Waals surface area (Å²) in [4.78, 5) is 2.41. The number of nitrogens with two attached hydrogens (primary N) is 1. The Bertz CT molecular complexity index is 117. The van der Waals surface area contributed by atoms with E-state index in [1.54, 1.807) is 0 Å². The molecule has 12 heavy (non-hydrogen) atoms. The van der Waals surface area contributed by atoms with Crippen LogP contribution in [0.2, 0.25) is 0 Å². The maximum absolute atomic E-state index is 5.92. The van der Waals surface area contributed by atoms with Gasteiger partial charge in [-0.25, -0.2) is 0 Å². The van der Waals surface area contributed by atoms with Gasteiger partial charge in [-0.05, 0) is 51.7 Å². The second-order valence-corrected chi connectivity index (χ2v) is 4.15. The van der Waals surface area contributed by atoms with E-state index in [2.05, 4.69) is 18.9 Å². The molecule has 0 bridgehead atoms. The first-order valence-electron chi connectivity index (χ1n) is 5.16. The lowest BCUT2D eigenvalue weighted by atomic mass is 9.90. The molecule has 2 nitrogen and oxygen atoms in total. The summed E-state index contributed by atoms with van der Waals surface area (Å²) in [6.07, 6.45) is 5.07. The molecule has 0 aromatic heterocycles. The third kappa shape index (κ3) is 3.11. The lowest BCUT2D eigenvalue weighted by Gasteiger charge is -2.30. The zero-order chi connectivity index (χ0) is 8.97. The minimum atomic E-state index is 0.443. The van der Waals surface area contributed by atoms with E-state index in [1.165, 1.54) is 32.4 Å². The molecule has 1 saturated heterocycles. The monoisotopic (exact) mass is 170 g/mol. The molecular weight excluding hydrogens is 148 g/mol. The summed E-state index contributed by atoms with van der Waals surface area (Å²) in [5, 5.41) is 0. The molecule has 1 rings (SSSR count). The van der Waals surface area contributed by atoms with Crippen LogP contribution in [0, 0.1) is 5.92 Å². The van der Waals surface area contributed by atoms with Crippen LogP contribution in [0.25, 0.3) is 0 Å². The van der Waals surface area contributed by atoms with Gasteiger partial charge in [-0.3, -0.25) is 0 Å². The van der Waals surface area contributed by atoms with E-state index in [0.29, 0.717) is 6.04 Å². The Hall–Kier alpha value is -0.0800. The van der Waals surface area contributed by atoms with Gasteiger partial charge < -0.3 is 10.6 Å². The summed E-state index contributed by atoms with van der Waals surface area (Å²) in [6, 6.07) is 0.443. The van der Waals surface area contributed by atoms with Crippen molar-refractivity contribution in [1.29, 1.82) is 0 Å². The van der Waals surface area contributed by atoms with E-state index >= 15 is 0 Å². The van der Waals surface area contributed by atoms with E-state index < -0.39 is 0 Å². The van der Waals surface area contributed by atoms with Crippen molar-refractivity contribution in [2.75, 3.05) is 20.1 Å². The summed E-state index contributed by atoms with van der Waals surface area (Å²) < 4.78 is 0. The second kappa shape index (κ2) is 4.83. The van der Waals surface area contributed by atoms with Gasteiger partial charge in [-0.2, -0.15) is 0 Å². The molecule has 2 heteroatoms. The van der Waals surface area contributed by atoms with Gasteiger partial charge in [0.2, 0.25) is 0 Å². The molecule has 1 unspecified atom stereocenters. The van der Waals surface area contributed by atoms with Crippen molar-refractivity contribution in [1.82, 2.24) is 4.90 Å². The number of rotatable bonds is 3. The van der Waals surface area contributed by atoms with Gasteiger partial charge in [0.05, 0.1) is 0 Å². The average molecular weight is 170 g/mol. The molecule has 1 aliphatic heterocycles. The second-order valence-electron chi connectivity index (χ2n) is 4.15. The molecule has 0 aromatic carbocycles. The van der Waals surface area contributed by atoms with Crippen LogP contribution < -0.4 is 5.73 Å². The number of nitrogens with zero attached hydrogens (tertiary/aromatic N) is 1. The number of likely N-dealkylation sites (tertiary alicyclic amines) is 1. The van der Waals surface area contributed by atoms with Crippen LogP contribution in [0.3, 0.4) is 0 Å². The van der Waals surface area contributed by atoms with Gasteiger partial charge in [0.25, 0.3) is 0 Å². The minimum Gasteiger partial charge on any atom is -0.328 e. The Labute approximate surface area is 76.1 Å². The predicted octanol–water partition coefficient (Wildman–Crippen LogP) is 1.46. The Morgan fingerprint density at radius 1 is 1.42 bits per heavy atom. The number of piperidine rings is 1. The molecule has 1 atom stereocenters. The SMILES string of the molecule is CCC(N)CC1CCN(C)CC1. The fourth-order valence-corrected chi connectivity index (χ4v) is 1.89. The normalized spacial score (nSPS) is 24.2. The van der Waals surface area contributed by atoms with Crippen LogP contribution in [0.1, 0.15) is 32.6 Å². The first-order valence-corrected chi connectivity index (χ1v) is 5.16. The highest BCUT2D eigenvalue weighted by atomic mass is 15.1. The van der Waals surface area contributed by atoms with Crippen LogP contribution in [-0.2, 0) is 0 Å². The molecule has 1 fully saturated rings. The first-order chi connectivity index (χ1) is 5.72. The minimum absolute atomic E-state index is 0.443. The molecule has 0 aliphatic carbocycles. The summed E-state index contributed by atoms with van der Waals surface area (Å²) >= 11 is 0. The van der Waals surface area contributed by atoms with Crippen LogP contribution in [0.15, 0.2) is 0 Å². The van der Waals surface area contributed by atoms with Gasteiger partial charge >= 0.3 is 0 Å². The van der Waals surface area contributed by atoms with Gasteiger partial charge in [-0.1, -0.05) is 6.92 Å². The first kappa shape index (κ1) is 10.0. The molecule has 0 radical (unpaired) electrons. The zero-order valence-corrected chi connectivity index (χ0v) is 8.42. The van der Waals surface area contributed by atoms with Crippen LogP contribution in [-0.4, -0.2) is 31.1 Å². The molecule has 1 heterocycles. The van der Waals surface area contributed by atoms with Crippen LogP contribution in [0.4, 0.5) is 0 Å². The van der Waals surface area contributed by atoms with E-state index in [4.69, 9.17) is 5.73 Å². The summed E-state index contributed by atoms with van der Waals surface area (Å²) in [6.45, 7) is 4.71. The molecular formula is C10H22N2. The van der Waals surface area contributed by atoms with Gasteiger partial charge in [0.1, 0.15) is 0 Å². The van der Waals surface area contributed by atoms with E-state index in [1.807, 2.05) is 0 Å². The highest BCUT2D eigenvalue weighted by Crippen LogP contribution is 2.20. The highest BCUT2D eigenvalue weighted by molar-refractivity contribution is 4.73. The maximum Gasteiger partial charge on any atom is 0.00388 e. The molecule has 72 valence electrons. The average Bonchev–Trinajstić information content (AvgIpc) is 2.09. The summed E-state index contributed by atoms with van der Waals surface area (Å²) in [5.74, 6) is 0.899. The Balaban J connectivity index is 2.17. The topological polar surface area (TPSA) is 29.3 Å². The predicted molar refractivity (Wildman–Crippen MR) is 53.1 cm³/mol. The number of hydrogen-bond acceptors (Lipinski definition) is 2. The van der Waals surface area contributed by atoms with Crippen molar-refractivity contribution in [2.45, 2.75) is 38.6 Å². The smallest absolute Gasteiger partial charge is 0.00388 e. The summed E-state index contributed by atoms with van der Waals surface area (Å²) in [7, 11) is 2.20. The van der Waals surface area contributed by atoms with Crippen LogP contribution >= 0.6 is 0 Å². The van der Waals surface area contributed by atoms with E-state index in [9.17, 15) is 0 Å². The lowest BCUT2D eigenvalue weighted by Crippen LogP contribution is -2.33. The van der Waals surface area contributed by atoms with Crippen molar-refractivity contribution in [2.24, 2.45) is 11.7 Å². The van der Waals surface area contributed by atoms with Crippen molar-refractivity contribution in [3.05, 3.63) is 0 Å². The summed E-state index contributed by atoms with van der Waals surface area (Å²) in [5.41, 5.74) is 5.92. The van der Waals surface area contributed by atoms with Gasteiger partial charge in [0, 0.05) is 6.04 Å². The van der Waals surface area contributed by atoms with Crippen molar-refractivity contribution < 1.29 is 0 Å². The van der Waals surface area contributed by atoms with Crippen molar-refractivity contribution >= 4 is 0 Å². The Morgan fingerprint density at radius 2 is 2.00 bits per heavy atom. The molecule has 0 amide bonds. The molecule has 0 aromatic rings. The van der Waals surface area contributed by atoms with Crippen LogP contribution in [0.5, 0.6) is 0 Å². The zero-order valence-electron chi connectivity index (χ0n) is 8.42. The van der Waals surface area contributed by atoms with Gasteiger partial charge in [0.15, 0.2) is 0 Å². The van der Waals surface area contributed by atoms with E-state index in [-0.39, 0.29) is 0 Å². The standard InChI is InChI=1S/C10H22N2/c1-3-10(11)8-9-4-6-12(2)7-5-9/h9-10H,3-8,11H2,1-2H3. The van der Waals surface area contributed by atoms with E-state index in [0.717, 1.165) is 12.3 Å². The maximum atomic E-state index is 5.92. The fourth-order valence-electron chi connectivity index (χ4n) is 1.89. The largest absolute Gasteiger partial charge is 0.328 e. The Kier molecular flexibility index (Phi) is 4.02. The lowest BCUT2D eigenvalue weighted by molar-refractivity contribution is 0.205. The third-order valence-electron chi connectivity index (χ3n) is 3.00. The highest BCUT2D eigenvalue weighted by Gasteiger charge is 2.18. The van der Waals surface area contributed by atoms with Crippen molar-refractivity contribution in [3.63, 3.8) is 0 Å². The quantitative estimate of drug-likeness (QED) is 0.694. The van der Waals surface area contributed by atoms with Gasteiger partial charge in [-0.15, -0.1) is 0 Å². The molecule has 0 saturated carbocycles.